The Labute approximate surface area is 151 Å². The van der Waals surface area contributed by atoms with Crippen molar-refractivity contribution in [2.24, 2.45) is 11.8 Å². The summed E-state index contributed by atoms with van der Waals surface area (Å²) >= 11 is 0. The van der Waals surface area contributed by atoms with Crippen LogP contribution in [0.4, 0.5) is 0 Å². The van der Waals surface area contributed by atoms with Crippen LogP contribution in [0, 0.1) is 11.8 Å². The molecule has 0 aromatic rings. The van der Waals surface area contributed by atoms with Crippen molar-refractivity contribution in [1.82, 2.24) is 0 Å². The molecule has 26 heavy (non-hydrogen) atoms. The highest BCUT2D eigenvalue weighted by atomic mass is 16.6. The normalized spacial score (nSPS) is 41.3. The molecule has 3 fully saturated rings. The zero-order valence-corrected chi connectivity index (χ0v) is 15.3. The number of Topliss-reactive ketones (excluding diaryl/α,β-unsaturated/α-hetero) is 1. The van der Waals surface area contributed by atoms with Gasteiger partial charge in [0.05, 0.1) is 11.8 Å². The Kier molecular flexibility index (Phi) is 3.57. The van der Waals surface area contributed by atoms with E-state index < -0.39 is 41.8 Å². The zero-order chi connectivity index (χ0) is 19.0. The second-order valence-electron chi connectivity index (χ2n) is 7.76. The van der Waals surface area contributed by atoms with Gasteiger partial charge in [-0.2, -0.15) is 0 Å². The molecule has 2 saturated heterocycles. The fourth-order valence-corrected chi connectivity index (χ4v) is 4.64. The summed E-state index contributed by atoms with van der Waals surface area (Å²) in [7, 11) is 0. The van der Waals surface area contributed by atoms with Crippen LogP contribution in [0.2, 0.25) is 0 Å². The third kappa shape index (κ3) is 2.11. The fourth-order valence-electron chi connectivity index (χ4n) is 4.64. The highest BCUT2D eigenvalue weighted by Crippen LogP contribution is 2.60. The highest BCUT2D eigenvalue weighted by Gasteiger charge is 2.74. The first kappa shape index (κ1) is 17.2. The molecule has 0 unspecified atom stereocenters. The monoisotopic (exact) mass is 358 g/mol. The lowest BCUT2D eigenvalue weighted by molar-refractivity contribution is -0.149. The van der Waals surface area contributed by atoms with Crippen molar-refractivity contribution in [3.05, 3.63) is 34.9 Å². The van der Waals surface area contributed by atoms with Gasteiger partial charge in [0.25, 0.3) is 0 Å². The molecule has 0 N–H and O–H groups in total. The molecule has 138 valence electrons. The van der Waals surface area contributed by atoms with Gasteiger partial charge in [-0.15, -0.1) is 0 Å². The van der Waals surface area contributed by atoms with Crippen LogP contribution >= 0.6 is 0 Å². The molecular formula is C20H22O6. The van der Waals surface area contributed by atoms with Crippen LogP contribution in [0.3, 0.4) is 0 Å². The van der Waals surface area contributed by atoms with Crippen molar-refractivity contribution in [2.75, 3.05) is 0 Å². The average Bonchev–Trinajstić information content (AvgIpc) is 3.15. The van der Waals surface area contributed by atoms with E-state index in [0.29, 0.717) is 23.1 Å². The molecular weight excluding hydrogens is 336 g/mol. The molecule has 0 spiro atoms. The predicted octanol–water partition coefficient (Wildman–Crippen LogP) is 2.04. The van der Waals surface area contributed by atoms with Gasteiger partial charge in [-0.3, -0.25) is 4.79 Å². The van der Waals surface area contributed by atoms with E-state index in [0.717, 1.165) is 5.57 Å². The van der Waals surface area contributed by atoms with E-state index in [9.17, 15) is 14.4 Å². The number of allylic oxidation sites excluding steroid dienone is 1. The summed E-state index contributed by atoms with van der Waals surface area (Å²) in [6.07, 6.45) is 0.380. The molecule has 2 aliphatic heterocycles. The van der Waals surface area contributed by atoms with Gasteiger partial charge in [-0.05, 0) is 27.7 Å². The van der Waals surface area contributed by atoms with E-state index >= 15 is 0 Å². The van der Waals surface area contributed by atoms with Gasteiger partial charge < -0.3 is 14.2 Å². The molecule has 0 amide bonds. The molecule has 0 aromatic heterocycles. The number of hydrogen-bond donors (Lipinski definition) is 0. The summed E-state index contributed by atoms with van der Waals surface area (Å²) in [6, 6.07) is 0. The predicted molar refractivity (Wildman–Crippen MR) is 90.9 cm³/mol. The van der Waals surface area contributed by atoms with Crippen molar-refractivity contribution >= 4 is 17.7 Å². The first-order valence-corrected chi connectivity index (χ1v) is 8.86. The first-order chi connectivity index (χ1) is 12.2. The lowest BCUT2D eigenvalue weighted by Crippen LogP contribution is -2.40. The molecule has 0 aromatic carbocycles. The van der Waals surface area contributed by atoms with Crippen molar-refractivity contribution < 1.29 is 28.6 Å². The minimum atomic E-state index is -0.653. The third-order valence-corrected chi connectivity index (χ3v) is 6.24. The van der Waals surface area contributed by atoms with Crippen molar-refractivity contribution in [2.45, 2.75) is 58.0 Å². The van der Waals surface area contributed by atoms with Gasteiger partial charge in [0.15, 0.2) is 11.9 Å². The maximum Gasteiger partial charge on any atom is 0.334 e. The Bertz CT molecular complexity index is 818. The standard InChI is InChI=1S/C20H22O6/c1-6-8(2)18(22)24-11-7-9(3)12-14(20(5)17(26-20)15(12)21)16-13(11)10(4)19(23)25-16/h6,11,13-14,16-17H,4,7H2,1-3,5H3/b8-6+/t11-,13-,14+,16+,17-,20+/m1/s1. The summed E-state index contributed by atoms with van der Waals surface area (Å²) in [5.41, 5.74) is 1.66. The van der Waals surface area contributed by atoms with Gasteiger partial charge >= 0.3 is 11.9 Å². The Morgan fingerprint density at radius 3 is 2.73 bits per heavy atom. The summed E-state index contributed by atoms with van der Waals surface area (Å²) in [6.45, 7) is 11.1. The quantitative estimate of drug-likeness (QED) is 0.427. The second-order valence-corrected chi connectivity index (χ2v) is 7.76. The number of esters is 2. The average molecular weight is 358 g/mol. The smallest absolute Gasteiger partial charge is 0.334 e. The molecule has 4 aliphatic rings. The Morgan fingerprint density at radius 1 is 1.38 bits per heavy atom. The van der Waals surface area contributed by atoms with Crippen molar-refractivity contribution in [1.29, 1.82) is 0 Å². The second kappa shape index (κ2) is 5.39. The fraction of sp³-hybridized carbons (Fsp3) is 0.550. The third-order valence-electron chi connectivity index (χ3n) is 6.24. The van der Waals surface area contributed by atoms with Crippen LogP contribution < -0.4 is 0 Å². The van der Waals surface area contributed by atoms with Gasteiger partial charge in [0.1, 0.15) is 17.8 Å². The van der Waals surface area contributed by atoms with Crippen LogP contribution in [0.15, 0.2) is 34.9 Å². The number of ether oxygens (including phenoxy) is 3. The van der Waals surface area contributed by atoms with Gasteiger partial charge in [-0.1, -0.05) is 18.2 Å². The largest absolute Gasteiger partial charge is 0.458 e. The lowest BCUT2D eigenvalue weighted by Gasteiger charge is -2.29. The van der Waals surface area contributed by atoms with Crippen LogP contribution in [0.1, 0.15) is 34.1 Å². The molecule has 6 nitrogen and oxygen atoms in total. The lowest BCUT2D eigenvalue weighted by atomic mass is 9.80. The summed E-state index contributed by atoms with van der Waals surface area (Å²) < 4.78 is 17.0. The molecule has 0 bridgehead atoms. The Morgan fingerprint density at radius 2 is 2.08 bits per heavy atom. The maximum atomic E-state index is 12.7. The number of hydrogen-bond acceptors (Lipinski definition) is 6. The van der Waals surface area contributed by atoms with E-state index in [1.165, 1.54) is 0 Å². The minimum Gasteiger partial charge on any atom is -0.458 e. The van der Waals surface area contributed by atoms with Crippen LogP contribution in [0.25, 0.3) is 0 Å². The summed E-state index contributed by atoms with van der Waals surface area (Å²) in [4.78, 5) is 37.3. The Hall–Kier alpha value is -2.21. The highest BCUT2D eigenvalue weighted by molar-refractivity contribution is 6.07. The molecule has 2 heterocycles. The van der Waals surface area contributed by atoms with Gasteiger partial charge in [-0.25, -0.2) is 9.59 Å². The minimum absolute atomic E-state index is 0.0427. The van der Waals surface area contributed by atoms with Gasteiger partial charge in [0.2, 0.25) is 0 Å². The molecule has 0 radical (unpaired) electrons. The molecule has 2 aliphatic carbocycles. The van der Waals surface area contributed by atoms with E-state index in [1.54, 1.807) is 19.9 Å². The zero-order valence-electron chi connectivity index (χ0n) is 15.3. The number of carbonyl (C=O) groups excluding carboxylic acids is 3. The summed E-state index contributed by atoms with van der Waals surface area (Å²) in [5, 5.41) is 0. The number of ketones is 1. The van der Waals surface area contributed by atoms with Crippen molar-refractivity contribution in [3.8, 4) is 0 Å². The number of fused-ring (bicyclic) bond motifs is 5. The number of carbonyl (C=O) groups is 3. The topological polar surface area (TPSA) is 82.2 Å². The van der Waals surface area contributed by atoms with E-state index in [2.05, 4.69) is 6.58 Å². The van der Waals surface area contributed by atoms with Crippen LogP contribution in [-0.2, 0) is 28.6 Å². The van der Waals surface area contributed by atoms with E-state index in [-0.39, 0.29) is 11.7 Å². The molecule has 4 rings (SSSR count). The molecule has 1 saturated carbocycles. The number of rotatable bonds is 2. The van der Waals surface area contributed by atoms with Crippen molar-refractivity contribution in [3.63, 3.8) is 0 Å². The van der Waals surface area contributed by atoms with Crippen LogP contribution in [0.5, 0.6) is 0 Å². The maximum absolute atomic E-state index is 12.7. The van der Waals surface area contributed by atoms with Crippen LogP contribution in [-0.4, -0.2) is 41.6 Å². The SMILES string of the molecule is C=C1C(=O)O[C@H]2[C@H]1[C@H](OC(=O)/C(C)=C/C)CC(C)=C1C(=O)[C@H]3O[C@@]3(C)[C@@H]12. The van der Waals surface area contributed by atoms with Gasteiger partial charge in [0, 0.05) is 23.1 Å². The number of epoxide rings is 1. The van der Waals surface area contributed by atoms with E-state index in [1.807, 2.05) is 13.8 Å². The molecule has 6 heteroatoms. The Balaban J connectivity index is 1.77. The summed E-state index contributed by atoms with van der Waals surface area (Å²) in [5.74, 6) is -1.81. The van der Waals surface area contributed by atoms with E-state index in [4.69, 9.17) is 14.2 Å². The molecule has 6 atom stereocenters. The first-order valence-electron chi connectivity index (χ1n) is 8.86.